The monoisotopic (exact) mass is 639 g/mol. The van der Waals surface area contributed by atoms with Crippen LogP contribution >= 0.6 is 0 Å². The molecule has 3 aliphatic rings. The predicted molar refractivity (Wildman–Crippen MR) is 118 cm³/mol. The van der Waals surface area contributed by atoms with Crippen molar-refractivity contribution < 1.29 is 76.2 Å². The molecule has 0 bridgehead atoms. The summed E-state index contributed by atoms with van der Waals surface area (Å²) in [5.41, 5.74) is 0. The molecule has 6 atom stereocenters. The average Bonchev–Trinajstić information content (AvgIpc) is 3.73. The van der Waals surface area contributed by atoms with Crippen LogP contribution in [0.3, 0.4) is 0 Å². The molecule has 0 N–H and O–H groups in total. The summed E-state index contributed by atoms with van der Waals surface area (Å²) in [5.74, 6) is 0.176. The van der Waals surface area contributed by atoms with Gasteiger partial charge in [0.2, 0.25) is 0 Å². The van der Waals surface area contributed by atoms with Crippen molar-refractivity contribution in [3.8, 4) is 0 Å². The summed E-state index contributed by atoms with van der Waals surface area (Å²) in [5, 5.41) is -0.0105. The molecule has 0 heterocycles. The van der Waals surface area contributed by atoms with Crippen molar-refractivity contribution in [2.45, 2.75) is 56.3 Å². The fraction of sp³-hybridized carbons (Fsp3) is 0.640. The maximum atomic E-state index is 13.3. The number of ether oxygens (including phenoxy) is 2. The van der Waals surface area contributed by atoms with Crippen LogP contribution in [0.2, 0.25) is 30.1 Å². The second kappa shape index (κ2) is 10.9. The van der Waals surface area contributed by atoms with E-state index in [-0.39, 0.29) is 42.1 Å². The van der Waals surface area contributed by atoms with Crippen LogP contribution in [0, 0.1) is 23.7 Å². The number of allylic oxidation sites excluding steroid dienone is 3. The summed E-state index contributed by atoms with van der Waals surface area (Å²) in [6.45, 7) is 12.1. The molecular weight excluding hydrogens is 605 g/mol. The van der Waals surface area contributed by atoms with Crippen LogP contribution in [0.25, 0.3) is 0 Å². The van der Waals surface area contributed by atoms with E-state index in [0.717, 1.165) is 0 Å². The average molecular weight is 639 g/mol. The molecule has 0 aromatic carbocycles. The molecule has 0 radical (unpaired) electrons. The van der Waals surface area contributed by atoms with Crippen LogP contribution < -0.4 is 0 Å². The van der Waals surface area contributed by atoms with Gasteiger partial charge in [-0.05, 0) is 0 Å². The van der Waals surface area contributed by atoms with Crippen molar-refractivity contribution in [2.24, 2.45) is 23.7 Å². The van der Waals surface area contributed by atoms with E-state index in [1.807, 2.05) is 0 Å². The molecule has 36 heavy (non-hydrogen) atoms. The van der Waals surface area contributed by atoms with E-state index in [1.165, 1.54) is 18.6 Å². The molecule has 3 rings (SSSR count). The SMILES string of the molecule is C=CC1C[C]1(C(=O)OCC(COC(=O)[C]1([Co]([CH3])=[O])CC1C=C)[CH2][Co](=[O])[C]1(C(C)=O)CC1C=C)[Co]([CH3])=[O]. The van der Waals surface area contributed by atoms with Crippen LogP contribution in [-0.2, 0) is 76.2 Å². The van der Waals surface area contributed by atoms with Gasteiger partial charge in [-0.25, -0.2) is 0 Å². The van der Waals surface area contributed by atoms with Crippen molar-refractivity contribution in [1.29, 1.82) is 0 Å². The molecule has 3 aliphatic carbocycles. The van der Waals surface area contributed by atoms with E-state index >= 15 is 0 Å². The van der Waals surface area contributed by atoms with Crippen LogP contribution in [0.15, 0.2) is 38.0 Å². The Bertz CT molecular complexity index is 1010. The van der Waals surface area contributed by atoms with Gasteiger partial charge in [-0.3, -0.25) is 0 Å². The number of hydrogen-bond donors (Lipinski definition) is 0. The van der Waals surface area contributed by atoms with Crippen molar-refractivity contribution in [3.63, 3.8) is 0 Å². The topological polar surface area (TPSA) is 121 Å². The predicted octanol–water partition coefficient (Wildman–Crippen LogP) is 4.78. The molecule has 0 aromatic heterocycles. The number of carbonyl (C=O) groups excluding carboxylic acids is 3. The van der Waals surface area contributed by atoms with Crippen molar-refractivity contribution in [3.05, 3.63) is 38.0 Å². The normalized spacial score (nSPS) is 35.9. The molecule has 0 saturated heterocycles. The Hall–Kier alpha value is -1.25. The molecular formula is C25H34Co3O8. The Balaban J connectivity index is 1.73. The zero-order chi connectivity index (χ0) is 27.1. The first kappa shape index (κ1) is 29.3. The van der Waals surface area contributed by atoms with E-state index in [9.17, 15) is 26.0 Å². The van der Waals surface area contributed by atoms with Gasteiger partial charge in [0.15, 0.2) is 0 Å². The molecule has 8 nitrogen and oxygen atoms in total. The van der Waals surface area contributed by atoms with Crippen molar-refractivity contribution in [1.82, 2.24) is 0 Å². The molecule has 11 heteroatoms. The molecule has 3 fully saturated rings. The van der Waals surface area contributed by atoms with Gasteiger partial charge in [-0.15, -0.1) is 0 Å². The first-order valence-corrected chi connectivity index (χ1v) is 16.9. The molecule has 0 spiro atoms. The number of esters is 2. The minimum absolute atomic E-state index is 0.0105. The maximum absolute atomic E-state index is 13.3. The summed E-state index contributed by atoms with van der Waals surface area (Å²) in [6.07, 6.45) is 6.01. The van der Waals surface area contributed by atoms with Crippen molar-refractivity contribution in [2.75, 3.05) is 13.2 Å². The van der Waals surface area contributed by atoms with Gasteiger partial charge in [0.05, 0.1) is 0 Å². The third kappa shape index (κ3) is 4.94. The molecule has 209 valence electrons. The molecule has 0 aliphatic heterocycles. The number of rotatable bonds is 15. The van der Waals surface area contributed by atoms with Gasteiger partial charge in [0.1, 0.15) is 0 Å². The second-order valence-electron chi connectivity index (χ2n) is 9.39. The molecule has 6 unspecified atom stereocenters. The fourth-order valence-corrected chi connectivity index (χ4v) is 10.3. The Kier molecular flexibility index (Phi) is 8.84. The summed E-state index contributed by atoms with van der Waals surface area (Å²) in [7, 11) is 0. The number of Topliss-reactive ketones (excluding diaryl/α,β-unsaturated/α-hetero) is 1. The minimum atomic E-state index is -2.05. The molecule has 0 amide bonds. The van der Waals surface area contributed by atoms with E-state index in [0.29, 0.717) is 19.3 Å². The van der Waals surface area contributed by atoms with Gasteiger partial charge in [0.25, 0.3) is 0 Å². The van der Waals surface area contributed by atoms with E-state index in [2.05, 4.69) is 19.7 Å². The Morgan fingerprint density at radius 3 is 1.44 bits per heavy atom. The summed E-state index contributed by atoms with van der Waals surface area (Å²) in [6, 6.07) is 0. The molecule has 0 aromatic rings. The summed E-state index contributed by atoms with van der Waals surface area (Å²) in [4.78, 5) is 38.1. The summed E-state index contributed by atoms with van der Waals surface area (Å²) < 4.78 is 45.8. The number of carbonyl (C=O) groups is 3. The van der Waals surface area contributed by atoms with Crippen LogP contribution in [0.1, 0.15) is 26.2 Å². The van der Waals surface area contributed by atoms with Gasteiger partial charge in [0, 0.05) is 0 Å². The van der Waals surface area contributed by atoms with Crippen LogP contribution in [0.4, 0.5) is 0 Å². The second-order valence-corrected chi connectivity index (χ2v) is 15.8. The Morgan fingerprint density at radius 2 is 1.17 bits per heavy atom. The van der Waals surface area contributed by atoms with E-state index < -0.39 is 71.7 Å². The van der Waals surface area contributed by atoms with Crippen LogP contribution in [0.5, 0.6) is 0 Å². The zero-order valence-corrected chi connectivity index (χ0v) is 23.8. The van der Waals surface area contributed by atoms with E-state index in [4.69, 9.17) is 9.47 Å². The van der Waals surface area contributed by atoms with Gasteiger partial charge in [-0.2, -0.15) is 0 Å². The first-order valence-electron chi connectivity index (χ1n) is 11.3. The molecule has 3 saturated carbocycles. The number of hydrogen-bond acceptors (Lipinski definition) is 8. The fourth-order valence-electron chi connectivity index (χ4n) is 4.54. The quantitative estimate of drug-likeness (QED) is 0.186. The third-order valence-corrected chi connectivity index (χ3v) is 14.5. The summed E-state index contributed by atoms with van der Waals surface area (Å²) >= 11 is -5.73. The van der Waals surface area contributed by atoms with Gasteiger partial charge < -0.3 is 0 Å². The Labute approximate surface area is 224 Å². The van der Waals surface area contributed by atoms with Crippen molar-refractivity contribution >= 4 is 17.7 Å². The third-order valence-electron chi connectivity index (χ3n) is 7.23. The first-order chi connectivity index (χ1) is 16.9. The van der Waals surface area contributed by atoms with E-state index in [1.54, 1.807) is 18.2 Å². The van der Waals surface area contributed by atoms with Crippen LogP contribution in [-0.4, -0.2) is 30.9 Å². The van der Waals surface area contributed by atoms with Gasteiger partial charge in [-0.1, -0.05) is 0 Å². The number of ketones is 1. The standard InChI is InChI=1S/C16H19O4.C7H9O.2CH3.3Co.3O/c1-4-11-6-13(11)15(17)19-8-10(3)9-20-16(18)14-7-12(14)5-2;1-3-6-4-7(6)5(2)8;;;;;;;;/h4-5,10-12H,1-3,6-9H2;3,6H,1,4H2,2H3;2*1H3;;;;;;. The van der Waals surface area contributed by atoms with Gasteiger partial charge >= 0.3 is 225 Å². The Morgan fingerprint density at radius 1 is 0.806 bits per heavy atom. The zero-order valence-electron chi connectivity index (χ0n) is 20.7.